The Morgan fingerprint density at radius 2 is 1.91 bits per heavy atom. The number of nitrogens with one attached hydrogen (secondary N) is 1. The minimum absolute atomic E-state index is 0.0302. The predicted molar refractivity (Wildman–Crippen MR) is 152 cm³/mol. The van der Waals surface area contributed by atoms with Crippen molar-refractivity contribution in [3.63, 3.8) is 0 Å². The summed E-state index contributed by atoms with van der Waals surface area (Å²) in [6.45, 7) is 2.98. The predicted octanol–water partition coefficient (Wildman–Crippen LogP) is 5.06. The van der Waals surface area contributed by atoms with Gasteiger partial charge in [0.15, 0.2) is 0 Å². The molecule has 230 valence electrons. The van der Waals surface area contributed by atoms with Gasteiger partial charge < -0.3 is 20.7 Å². The number of fused-ring (bicyclic) bond motifs is 1. The zero-order chi connectivity index (χ0) is 31.2. The maximum absolute atomic E-state index is 15.6. The molecule has 3 N–H and O–H groups in total. The van der Waals surface area contributed by atoms with Crippen LogP contribution in [0.3, 0.4) is 0 Å². The number of carbonyl (C=O) groups excluding carboxylic acids is 2. The smallest absolute Gasteiger partial charge is 0.382 e. The second kappa shape index (κ2) is 11.5. The fourth-order valence-electron chi connectivity index (χ4n) is 5.86. The van der Waals surface area contributed by atoms with E-state index in [-0.39, 0.29) is 46.3 Å². The van der Waals surface area contributed by atoms with Crippen LogP contribution in [0.25, 0.3) is 16.8 Å². The molecule has 3 aromatic heterocycles. The summed E-state index contributed by atoms with van der Waals surface area (Å²) in [5.41, 5.74) is 5.78. The number of carbonyl (C=O) groups is 2. The molecule has 2 saturated heterocycles. The van der Waals surface area contributed by atoms with Crippen molar-refractivity contribution in [2.45, 2.75) is 56.8 Å². The minimum atomic E-state index is -4.62. The standard InChI is InChI=1S/C30H29F4N7O3/c1-16-4-5-18(15-41(16)29(43)22-3-2-12-44-22)27-39-24(25-26(35)37-10-11-40(25)27)20-7-6-17(13-21(20)31)28(42)38-23-14-19(8-9-36-23)30(32,33)34/h6-11,13-14,16,18,22H,2-5,12,15H2,1H3,(H2,35,37)(H,36,38,42)/t16-,18+,22?/m0/s1. The lowest BCUT2D eigenvalue weighted by Crippen LogP contribution is -2.49. The van der Waals surface area contributed by atoms with E-state index in [1.54, 1.807) is 10.6 Å². The molecule has 2 amide bonds. The molecule has 0 spiro atoms. The zero-order valence-electron chi connectivity index (χ0n) is 23.6. The summed E-state index contributed by atoms with van der Waals surface area (Å²) in [6.07, 6.45) is 2.08. The van der Waals surface area contributed by atoms with Crippen molar-refractivity contribution in [2.24, 2.45) is 0 Å². The Hall–Kier alpha value is -4.59. The van der Waals surface area contributed by atoms with Gasteiger partial charge in [0.2, 0.25) is 0 Å². The molecule has 4 aromatic rings. The van der Waals surface area contributed by atoms with Gasteiger partial charge in [-0.15, -0.1) is 0 Å². The minimum Gasteiger partial charge on any atom is -0.382 e. The summed E-state index contributed by atoms with van der Waals surface area (Å²) in [4.78, 5) is 40.6. The van der Waals surface area contributed by atoms with Crippen LogP contribution < -0.4 is 11.1 Å². The highest BCUT2D eigenvalue weighted by molar-refractivity contribution is 6.04. The van der Waals surface area contributed by atoms with Crippen LogP contribution in [0, 0.1) is 5.82 Å². The average molecular weight is 612 g/mol. The molecule has 2 aliphatic rings. The summed E-state index contributed by atoms with van der Waals surface area (Å²) in [5, 5.41) is 2.27. The lowest BCUT2D eigenvalue weighted by Gasteiger charge is -2.38. The van der Waals surface area contributed by atoms with Crippen molar-refractivity contribution in [3.05, 3.63) is 71.7 Å². The average Bonchev–Trinajstić information content (AvgIpc) is 3.67. The topological polar surface area (TPSA) is 128 Å². The number of nitrogens with two attached hydrogens (primary N) is 1. The molecule has 5 heterocycles. The number of anilines is 2. The third-order valence-corrected chi connectivity index (χ3v) is 8.16. The summed E-state index contributed by atoms with van der Waals surface area (Å²) < 4.78 is 62.2. The summed E-state index contributed by atoms with van der Waals surface area (Å²) >= 11 is 0. The van der Waals surface area contributed by atoms with Crippen LogP contribution in [0.2, 0.25) is 0 Å². The van der Waals surface area contributed by atoms with Crippen LogP contribution in [-0.4, -0.2) is 61.4 Å². The van der Waals surface area contributed by atoms with E-state index in [0.29, 0.717) is 37.0 Å². The van der Waals surface area contributed by atoms with Crippen molar-refractivity contribution in [1.82, 2.24) is 24.3 Å². The first-order chi connectivity index (χ1) is 21.0. The summed E-state index contributed by atoms with van der Waals surface area (Å²) in [7, 11) is 0. The number of likely N-dealkylation sites (tertiary alicyclic amines) is 1. The molecule has 44 heavy (non-hydrogen) atoms. The van der Waals surface area contributed by atoms with Crippen molar-refractivity contribution in [3.8, 4) is 11.3 Å². The maximum Gasteiger partial charge on any atom is 0.416 e. The van der Waals surface area contributed by atoms with Gasteiger partial charge in [0.25, 0.3) is 11.8 Å². The Bertz CT molecular complexity index is 1740. The van der Waals surface area contributed by atoms with E-state index in [2.05, 4.69) is 15.3 Å². The molecular weight excluding hydrogens is 582 g/mol. The molecule has 1 aromatic carbocycles. The van der Waals surface area contributed by atoms with Crippen LogP contribution in [0.5, 0.6) is 0 Å². The van der Waals surface area contributed by atoms with Gasteiger partial charge in [0.1, 0.15) is 40.6 Å². The van der Waals surface area contributed by atoms with Gasteiger partial charge in [-0.25, -0.2) is 19.3 Å². The van der Waals surface area contributed by atoms with E-state index in [0.717, 1.165) is 37.6 Å². The van der Waals surface area contributed by atoms with Crippen molar-refractivity contribution >= 4 is 29.0 Å². The Kier molecular flexibility index (Phi) is 7.70. The number of amides is 2. The second-order valence-electron chi connectivity index (χ2n) is 11.0. The Morgan fingerprint density at radius 3 is 2.64 bits per heavy atom. The highest BCUT2D eigenvalue weighted by Crippen LogP contribution is 2.37. The van der Waals surface area contributed by atoms with Crippen LogP contribution in [0.4, 0.5) is 29.2 Å². The first kappa shape index (κ1) is 29.5. The largest absolute Gasteiger partial charge is 0.416 e. The van der Waals surface area contributed by atoms with Gasteiger partial charge in [-0.3, -0.25) is 14.0 Å². The SMILES string of the molecule is C[C@H]1CC[C@@H](c2nc(-c3ccc(C(=O)Nc4cc(C(F)(F)F)ccn4)cc3F)c3c(N)nccn23)CN1C(=O)C1CCCO1. The number of alkyl halides is 3. The van der Waals surface area contributed by atoms with Gasteiger partial charge in [0.05, 0.1) is 5.56 Å². The number of piperidine rings is 1. The van der Waals surface area contributed by atoms with E-state index < -0.39 is 29.6 Å². The third-order valence-electron chi connectivity index (χ3n) is 8.16. The van der Waals surface area contributed by atoms with E-state index >= 15 is 4.39 Å². The van der Waals surface area contributed by atoms with Gasteiger partial charge in [-0.2, -0.15) is 13.2 Å². The normalized spacial score (nSPS) is 20.7. The van der Waals surface area contributed by atoms with Gasteiger partial charge in [-0.1, -0.05) is 0 Å². The molecule has 0 aliphatic carbocycles. The molecule has 10 nitrogen and oxygen atoms in total. The molecule has 14 heteroatoms. The number of nitrogens with zero attached hydrogens (tertiary/aromatic N) is 5. The molecule has 0 bridgehead atoms. The summed E-state index contributed by atoms with van der Waals surface area (Å²) in [6, 6.07) is 5.17. The van der Waals surface area contributed by atoms with Gasteiger partial charge in [0, 0.05) is 54.8 Å². The first-order valence-electron chi connectivity index (χ1n) is 14.2. The van der Waals surface area contributed by atoms with Crippen LogP contribution >= 0.6 is 0 Å². The number of pyridine rings is 1. The number of halogens is 4. The quantitative estimate of drug-likeness (QED) is 0.302. The molecule has 6 rings (SSSR count). The first-order valence-corrected chi connectivity index (χ1v) is 14.2. The molecule has 2 aliphatic heterocycles. The molecular formula is C30H29F4N7O3. The van der Waals surface area contributed by atoms with Gasteiger partial charge >= 0.3 is 6.18 Å². The van der Waals surface area contributed by atoms with Crippen molar-refractivity contribution in [2.75, 3.05) is 24.2 Å². The Balaban J connectivity index is 1.30. The number of ether oxygens (including phenoxy) is 1. The Morgan fingerprint density at radius 1 is 1.09 bits per heavy atom. The molecule has 0 radical (unpaired) electrons. The highest BCUT2D eigenvalue weighted by atomic mass is 19.4. The zero-order valence-corrected chi connectivity index (χ0v) is 23.6. The van der Waals surface area contributed by atoms with Crippen molar-refractivity contribution in [1.29, 1.82) is 0 Å². The highest BCUT2D eigenvalue weighted by Gasteiger charge is 2.37. The van der Waals surface area contributed by atoms with Crippen LogP contribution in [-0.2, 0) is 15.7 Å². The number of aromatic nitrogens is 4. The number of hydrogen-bond donors (Lipinski definition) is 2. The molecule has 1 unspecified atom stereocenters. The number of imidazole rings is 1. The van der Waals surface area contributed by atoms with E-state index in [1.807, 2.05) is 11.8 Å². The van der Waals surface area contributed by atoms with E-state index in [1.165, 1.54) is 18.3 Å². The monoisotopic (exact) mass is 611 g/mol. The number of rotatable bonds is 5. The lowest BCUT2D eigenvalue weighted by atomic mass is 9.92. The molecule has 0 saturated carbocycles. The molecule has 2 fully saturated rings. The fourth-order valence-corrected chi connectivity index (χ4v) is 5.86. The second-order valence-corrected chi connectivity index (χ2v) is 11.0. The number of hydrogen-bond acceptors (Lipinski definition) is 7. The maximum atomic E-state index is 15.6. The van der Waals surface area contributed by atoms with Crippen LogP contribution in [0.15, 0.2) is 48.9 Å². The number of nitrogen functional groups attached to an aromatic ring is 1. The lowest BCUT2D eigenvalue weighted by molar-refractivity contribution is -0.144. The third kappa shape index (κ3) is 5.56. The molecule has 3 atom stereocenters. The van der Waals surface area contributed by atoms with E-state index in [4.69, 9.17) is 15.5 Å². The van der Waals surface area contributed by atoms with Crippen molar-refractivity contribution < 1.29 is 31.9 Å². The summed E-state index contributed by atoms with van der Waals surface area (Å²) in [5.74, 6) is -1.46. The number of benzene rings is 1. The fraction of sp³-hybridized carbons (Fsp3) is 0.367. The van der Waals surface area contributed by atoms with E-state index in [9.17, 15) is 22.8 Å². The Labute approximate surface area is 249 Å². The van der Waals surface area contributed by atoms with Crippen LogP contribution in [0.1, 0.15) is 60.3 Å². The van der Waals surface area contributed by atoms with Gasteiger partial charge in [-0.05, 0) is 62.9 Å².